The first-order valence-corrected chi connectivity index (χ1v) is 7.69. The Morgan fingerprint density at radius 1 is 1.53 bits per heavy atom. The molecule has 1 aromatic rings. The second-order valence-electron chi connectivity index (χ2n) is 4.93. The van der Waals surface area contributed by atoms with Gasteiger partial charge in [0.05, 0.1) is 10.6 Å². The van der Waals surface area contributed by atoms with Crippen molar-refractivity contribution in [3.05, 3.63) is 33.3 Å². The largest absolute Gasteiger partial charge is 0.340 e. The number of nitrogens with one attached hydrogen (secondary N) is 1. The molecular weight excluding hydrogens is 328 g/mol. The molecular formula is C14H18BrClN2O. The smallest absolute Gasteiger partial charge is 0.255 e. The van der Waals surface area contributed by atoms with Crippen molar-refractivity contribution in [2.24, 2.45) is 0 Å². The second-order valence-corrected chi connectivity index (χ2v) is 6.17. The van der Waals surface area contributed by atoms with E-state index < -0.39 is 0 Å². The van der Waals surface area contributed by atoms with Crippen LogP contribution < -0.4 is 5.32 Å². The summed E-state index contributed by atoms with van der Waals surface area (Å²) in [5.74, 6) is -0.0290. The number of amides is 1. The molecule has 1 aliphatic rings. The number of likely N-dealkylation sites (N-methyl/N-ethyl adjacent to an activating group) is 1. The summed E-state index contributed by atoms with van der Waals surface area (Å²) in [6, 6.07) is 5.83. The van der Waals surface area contributed by atoms with Crippen molar-refractivity contribution in [1.82, 2.24) is 10.2 Å². The molecule has 0 bridgehead atoms. The Balaban J connectivity index is 2.03. The van der Waals surface area contributed by atoms with Gasteiger partial charge >= 0.3 is 0 Å². The zero-order valence-electron chi connectivity index (χ0n) is 11.0. The van der Waals surface area contributed by atoms with E-state index in [1.807, 2.05) is 19.2 Å². The standard InChI is InChI=1S/C14H18BrClN2O/c1-18(9-10-5-2-3-8-17-10)14(19)11-6-4-7-12(15)13(11)16/h4,6-7,10,17H,2-3,5,8-9H2,1H3. The Kier molecular flexibility index (Phi) is 5.25. The minimum absolute atomic E-state index is 0.0290. The van der Waals surface area contributed by atoms with E-state index in [0.717, 1.165) is 24.0 Å². The Bertz CT molecular complexity index is 461. The number of hydrogen-bond acceptors (Lipinski definition) is 2. The molecule has 1 heterocycles. The highest BCUT2D eigenvalue weighted by molar-refractivity contribution is 9.10. The predicted octanol–water partition coefficient (Wildman–Crippen LogP) is 3.32. The van der Waals surface area contributed by atoms with E-state index in [0.29, 0.717) is 16.6 Å². The van der Waals surface area contributed by atoms with E-state index in [2.05, 4.69) is 21.2 Å². The normalized spacial score (nSPS) is 19.2. The summed E-state index contributed by atoms with van der Waals surface area (Å²) in [6.07, 6.45) is 3.59. The summed E-state index contributed by atoms with van der Waals surface area (Å²) in [4.78, 5) is 14.1. The monoisotopic (exact) mass is 344 g/mol. The zero-order valence-corrected chi connectivity index (χ0v) is 13.3. The van der Waals surface area contributed by atoms with Gasteiger partial charge in [0.2, 0.25) is 0 Å². The highest BCUT2D eigenvalue weighted by atomic mass is 79.9. The highest BCUT2D eigenvalue weighted by Gasteiger charge is 2.20. The van der Waals surface area contributed by atoms with Crippen molar-refractivity contribution < 1.29 is 4.79 Å². The van der Waals surface area contributed by atoms with E-state index in [1.54, 1.807) is 11.0 Å². The number of benzene rings is 1. The van der Waals surface area contributed by atoms with Gasteiger partial charge in [0.25, 0.3) is 5.91 Å². The third-order valence-electron chi connectivity index (χ3n) is 3.44. The molecule has 1 N–H and O–H groups in total. The third kappa shape index (κ3) is 3.71. The van der Waals surface area contributed by atoms with Crippen molar-refractivity contribution in [2.75, 3.05) is 20.1 Å². The molecule has 5 heteroatoms. The average molecular weight is 346 g/mol. The van der Waals surface area contributed by atoms with Crippen LogP contribution in [0.5, 0.6) is 0 Å². The molecule has 1 fully saturated rings. The number of rotatable bonds is 3. The molecule has 0 saturated carbocycles. The summed E-state index contributed by atoms with van der Waals surface area (Å²) in [5.41, 5.74) is 0.550. The quantitative estimate of drug-likeness (QED) is 0.911. The zero-order chi connectivity index (χ0) is 13.8. The molecule has 0 radical (unpaired) electrons. The van der Waals surface area contributed by atoms with Crippen molar-refractivity contribution in [3.63, 3.8) is 0 Å². The second kappa shape index (κ2) is 6.73. The number of halogens is 2. The molecule has 1 unspecified atom stereocenters. The Hall–Kier alpha value is -0.580. The summed E-state index contributed by atoms with van der Waals surface area (Å²) < 4.78 is 0.754. The van der Waals surface area contributed by atoms with E-state index >= 15 is 0 Å². The maximum Gasteiger partial charge on any atom is 0.255 e. The first-order valence-electron chi connectivity index (χ1n) is 6.52. The van der Waals surface area contributed by atoms with Gasteiger partial charge in [-0.25, -0.2) is 0 Å². The van der Waals surface area contributed by atoms with E-state index in [9.17, 15) is 4.79 Å². The molecule has 19 heavy (non-hydrogen) atoms. The number of carbonyl (C=O) groups is 1. The molecule has 1 saturated heterocycles. The summed E-state index contributed by atoms with van der Waals surface area (Å²) in [7, 11) is 1.83. The topological polar surface area (TPSA) is 32.3 Å². The lowest BCUT2D eigenvalue weighted by molar-refractivity contribution is 0.0775. The highest BCUT2D eigenvalue weighted by Crippen LogP contribution is 2.26. The van der Waals surface area contributed by atoms with Crippen molar-refractivity contribution in [1.29, 1.82) is 0 Å². The first kappa shape index (κ1) is 14.8. The molecule has 0 spiro atoms. The van der Waals surface area contributed by atoms with Crippen LogP contribution in [-0.2, 0) is 0 Å². The lowest BCUT2D eigenvalue weighted by atomic mass is 10.0. The van der Waals surface area contributed by atoms with Crippen LogP contribution >= 0.6 is 27.5 Å². The number of hydrogen-bond donors (Lipinski definition) is 1. The van der Waals surface area contributed by atoms with Crippen LogP contribution in [0.25, 0.3) is 0 Å². The van der Waals surface area contributed by atoms with Crippen LogP contribution in [0.4, 0.5) is 0 Å². The van der Waals surface area contributed by atoms with Gasteiger partial charge in [-0.2, -0.15) is 0 Å². The van der Waals surface area contributed by atoms with Gasteiger partial charge in [0, 0.05) is 24.1 Å². The van der Waals surface area contributed by atoms with Gasteiger partial charge in [-0.1, -0.05) is 24.1 Å². The number of nitrogens with zero attached hydrogens (tertiary/aromatic N) is 1. The summed E-state index contributed by atoms with van der Waals surface area (Å²) in [5, 5.41) is 3.93. The lowest BCUT2D eigenvalue weighted by Gasteiger charge is -2.28. The van der Waals surface area contributed by atoms with Crippen molar-refractivity contribution >= 4 is 33.4 Å². The molecule has 1 atom stereocenters. The first-order chi connectivity index (χ1) is 9.09. The number of piperidine rings is 1. The summed E-state index contributed by atoms with van der Waals surface area (Å²) >= 11 is 9.51. The Labute approximate surface area is 127 Å². The van der Waals surface area contributed by atoms with Gasteiger partial charge in [-0.05, 0) is 47.4 Å². The van der Waals surface area contributed by atoms with Gasteiger partial charge in [0.15, 0.2) is 0 Å². The molecule has 104 valence electrons. The molecule has 1 aromatic carbocycles. The van der Waals surface area contributed by atoms with Gasteiger partial charge < -0.3 is 10.2 Å². The SMILES string of the molecule is CN(CC1CCCCN1)C(=O)c1cccc(Br)c1Cl. The van der Waals surface area contributed by atoms with Crippen LogP contribution in [0, 0.1) is 0 Å². The lowest BCUT2D eigenvalue weighted by Crippen LogP contribution is -2.44. The van der Waals surface area contributed by atoms with Crippen LogP contribution in [-0.4, -0.2) is 37.0 Å². The molecule has 1 amide bonds. The molecule has 0 aliphatic carbocycles. The van der Waals surface area contributed by atoms with Crippen molar-refractivity contribution in [2.45, 2.75) is 25.3 Å². The van der Waals surface area contributed by atoms with Crippen LogP contribution in [0.1, 0.15) is 29.6 Å². The summed E-state index contributed by atoms with van der Waals surface area (Å²) in [6.45, 7) is 1.77. The maximum absolute atomic E-state index is 12.4. The van der Waals surface area contributed by atoms with Crippen LogP contribution in [0.2, 0.25) is 5.02 Å². The fourth-order valence-corrected chi connectivity index (χ4v) is 2.94. The number of carbonyl (C=O) groups excluding carboxylic acids is 1. The minimum Gasteiger partial charge on any atom is -0.340 e. The third-order valence-corrected chi connectivity index (χ3v) is 4.73. The van der Waals surface area contributed by atoms with E-state index in [-0.39, 0.29) is 5.91 Å². The molecule has 2 rings (SSSR count). The predicted molar refractivity (Wildman–Crippen MR) is 81.8 cm³/mol. The Morgan fingerprint density at radius 3 is 3.00 bits per heavy atom. The van der Waals surface area contributed by atoms with E-state index in [1.165, 1.54) is 12.8 Å². The van der Waals surface area contributed by atoms with E-state index in [4.69, 9.17) is 11.6 Å². The fraction of sp³-hybridized carbons (Fsp3) is 0.500. The Morgan fingerprint density at radius 2 is 2.32 bits per heavy atom. The molecule has 3 nitrogen and oxygen atoms in total. The fourth-order valence-electron chi connectivity index (χ4n) is 2.37. The average Bonchev–Trinajstić information content (AvgIpc) is 2.42. The van der Waals surface area contributed by atoms with Crippen LogP contribution in [0.15, 0.2) is 22.7 Å². The van der Waals surface area contributed by atoms with Crippen molar-refractivity contribution in [3.8, 4) is 0 Å². The minimum atomic E-state index is -0.0290. The molecule has 1 aliphatic heterocycles. The maximum atomic E-state index is 12.4. The van der Waals surface area contributed by atoms with Gasteiger partial charge in [-0.15, -0.1) is 0 Å². The van der Waals surface area contributed by atoms with Crippen LogP contribution in [0.3, 0.4) is 0 Å². The molecule has 0 aromatic heterocycles. The van der Waals surface area contributed by atoms with Gasteiger partial charge in [-0.3, -0.25) is 4.79 Å². The van der Waals surface area contributed by atoms with Gasteiger partial charge in [0.1, 0.15) is 0 Å².